The van der Waals surface area contributed by atoms with Crippen molar-refractivity contribution in [2.24, 2.45) is 0 Å². The van der Waals surface area contributed by atoms with Crippen LogP contribution in [0.5, 0.6) is 11.5 Å². The third-order valence-electron chi connectivity index (χ3n) is 4.38. The molecule has 0 spiro atoms. The fourth-order valence-electron chi connectivity index (χ4n) is 3.33. The maximum absolute atomic E-state index is 12.9. The van der Waals surface area contributed by atoms with Gasteiger partial charge in [0, 0.05) is 16.5 Å². The number of hydrogen-bond acceptors (Lipinski definition) is 5. The molecule has 0 amide bonds. The second-order valence-electron chi connectivity index (χ2n) is 5.50. The molecule has 0 saturated heterocycles. The Labute approximate surface area is 137 Å². The maximum Gasteiger partial charge on any atom is 0.281 e. The van der Waals surface area contributed by atoms with E-state index in [0.29, 0.717) is 33.5 Å². The van der Waals surface area contributed by atoms with Crippen LogP contribution in [0.25, 0.3) is 22.0 Å². The summed E-state index contributed by atoms with van der Waals surface area (Å²) in [6, 6.07) is 10.5. The molecular weight excluding hydrogens is 308 g/mol. The predicted octanol–water partition coefficient (Wildman–Crippen LogP) is 1.94. The van der Waals surface area contributed by atoms with E-state index >= 15 is 0 Å². The van der Waals surface area contributed by atoms with E-state index in [0.717, 1.165) is 4.68 Å². The Hall–Kier alpha value is -3.28. The summed E-state index contributed by atoms with van der Waals surface area (Å²) < 4.78 is 11.6. The standard InChI is InChI=1S/C18H14N2O4/c1-23-12-8-7-11-13-15(9-5-3-4-6-10(9)16(13)21)20(19)18(22)14(11)17(12)24-2/h3-8H,19H2,1-2H3. The number of fused-ring (bicyclic) bond motifs is 5. The van der Waals surface area contributed by atoms with Gasteiger partial charge in [-0.15, -0.1) is 0 Å². The first kappa shape index (κ1) is 14.3. The van der Waals surface area contributed by atoms with Crippen LogP contribution in [0.1, 0.15) is 15.9 Å². The molecule has 2 aromatic carbocycles. The summed E-state index contributed by atoms with van der Waals surface area (Å²) in [6.07, 6.45) is 0. The van der Waals surface area contributed by atoms with Gasteiger partial charge in [-0.3, -0.25) is 9.59 Å². The summed E-state index contributed by atoms with van der Waals surface area (Å²) in [5.74, 6) is 6.57. The van der Waals surface area contributed by atoms with Crippen LogP contribution >= 0.6 is 0 Å². The van der Waals surface area contributed by atoms with Crippen molar-refractivity contribution in [2.75, 3.05) is 20.1 Å². The second kappa shape index (κ2) is 4.86. The molecule has 1 heterocycles. The van der Waals surface area contributed by atoms with Gasteiger partial charge in [0.1, 0.15) is 0 Å². The Bertz CT molecular complexity index is 1080. The number of rotatable bonds is 2. The Morgan fingerprint density at radius 3 is 2.33 bits per heavy atom. The Kier molecular flexibility index (Phi) is 2.90. The second-order valence-corrected chi connectivity index (χ2v) is 5.50. The highest BCUT2D eigenvalue weighted by molar-refractivity contribution is 6.27. The van der Waals surface area contributed by atoms with E-state index in [1.165, 1.54) is 14.2 Å². The molecule has 0 aliphatic heterocycles. The quantitative estimate of drug-likeness (QED) is 0.570. The number of aromatic nitrogens is 1. The van der Waals surface area contributed by atoms with Crippen LogP contribution in [-0.4, -0.2) is 24.7 Å². The van der Waals surface area contributed by atoms with Gasteiger partial charge in [0.15, 0.2) is 17.3 Å². The molecule has 0 unspecified atom stereocenters. The van der Waals surface area contributed by atoms with Crippen molar-refractivity contribution in [3.63, 3.8) is 0 Å². The fraction of sp³-hybridized carbons (Fsp3) is 0.111. The van der Waals surface area contributed by atoms with Crippen molar-refractivity contribution in [1.29, 1.82) is 0 Å². The zero-order valence-corrected chi connectivity index (χ0v) is 13.1. The van der Waals surface area contributed by atoms with Crippen molar-refractivity contribution in [3.05, 3.63) is 57.9 Å². The van der Waals surface area contributed by atoms with Gasteiger partial charge in [-0.1, -0.05) is 24.3 Å². The van der Waals surface area contributed by atoms with Gasteiger partial charge in [-0.2, -0.15) is 0 Å². The molecule has 4 rings (SSSR count). The number of methoxy groups -OCH3 is 2. The monoisotopic (exact) mass is 322 g/mol. The Morgan fingerprint density at radius 1 is 0.958 bits per heavy atom. The van der Waals surface area contributed by atoms with Gasteiger partial charge in [0.05, 0.1) is 30.9 Å². The molecule has 1 aliphatic carbocycles. The Balaban J connectivity index is 2.24. The van der Waals surface area contributed by atoms with Crippen molar-refractivity contribution < 1.29 is 14.3 Å². The highest BCUT2D eigenvalue weighted by Gasteiger charge is 2.33. The number of benzene rings is 2. The van der Waals surface area contributed by atoms with Crippen LogP contribution in [-0.2, 0) is 0 Å². The molecule has 3 aromatic rings. The molecule has 24 heavy (non-hydrogen) atoms. The lowest BCUT2D eigenvalue weighted by molar-refractivity contribution is 0.104. The van der Waals surface area contributed by atoms with Crippen molar-refractivity contribution in [2.45, 2.75) is 0 Å². The largest absolute Gasteiger partial charge is 0.493 e. The zero-order valence-electron chi connectivity index (χ0n) is 13.1. The number of ether oxygens (including phenoxy) is 2. The average Bonchev–Trinajstić information content (AvgIpc) is 2.91. The summed E-state index contributed by atoms with van der Waals surface area (Å²) in [6.45, 7) is 0. The van der Waals surface area contributed by atoms with Crippen LogP contribution in [0.2, 0.25) is 0 Å². The first-order chi connectivity index (χ1) is 11.6. The van der Waals surface area contributed by atoms with E-state index in [1.807, 2.05) is 6.07 Å². The number of carbonyl (C=O) groups excluding carboxylic acids is 1. The highest BCUT2D eigenvalue weighted by atomic mass is 16.5. The van der Waals surface area contributed by atoms with Crippen molar-refractivity contribution in [3.8, 4) is 22.8 Å². The molecule has 6 nitrogen and oxygen atoms in total. The van der Waals surface area contributed by atoms with E-state index < -0.39 is 5.56 Å². The molecule has 0 fully saturated rings. The lowest BCUT2D eigenvalue weighted by Crippen LogP contribution is -2.30. The highest BCUT2D eigenvalue weighted by Crippen LogP contribution is 2.42. The zero-order chi connectivity index (χ0) is 17.0. The number of carbonyl (C=O) groups is 1. The minimum absolute atomic E-state index is 0.156. The summed E-state index contributed by atoms with van der Waals surface area (Å²) in [7, 11) is 2.93. The van der Waals surface area contributed by atoms with Gasteiger partial charge in [0.25, 0.3) is 5.56 Å². The molecule has 6 heteroatoms. The van der Waals surface area contributed by atoms with Crippen molar-refractivity contribution in [1.82, 2.24) is 4.68 Å². The summed E-state index contributed by atoms with van der Waals surface area (Å²) in [4.78, 5) is 25.7. The third kappa shape index (κ3) is 1.59. The Morgan fingerprint density at radius 2 is 1.67 bits per heavy atom. The van der Waals surface area contributed by atoms with Gasteiger partial charge in [-0.25, -0.2) is 4.68 Å². The van der Waals surface area contributed by atoms with Gasteiger partial charge in [0.2, 0.25) is 0 Å². The molecule has 0 radical (unpaired) electrons. The number of ketones is 1. The van der Waals surface area contributed by atoms with Crippen LogP contribution in [0, 0.1) is 0 Å². The smallest absolute Gasteiger partial charge is 0.281 e. The van der Waals surface area contributed by atoms with Crippen molar-refractivity contribution >= 4 is 16.6 Å². The number of nitrogen functional groups attached to an aromatic ring is 1. The first-order valence-corrected chi connectivity index (χ1v) is 7.33. The number of pyridine rings is 1. The van der Waals surface area contributed by atoms with E-state index in [1.54, 1.807) is 30.3 Å². The first-order valence-electron chi connectivity index (χ1n) is 7.33. The lowest BCUT2D eigenvalue weighted by Gasteiger charge is -2.14. The van der Waals surface area contributed by atoms with Gasteiger partial charge < -0.3 is 15.3 Å². The molecule has 0 saturated carbocycles. The van der Waals surface area contributed by atoms with E-state index in [2.05, 4.69) is 0 Å². The maximum atomic E-state index is 12.9. The van der Waals surface area contributed by atoms with E-state index in [4.69, 9.17) is 15.3 Å². The average molecular weight is 322 g/mol. The molecule has 0 atom stereocenters. The molecule has 0 bridgehead atoms. The number of hydrogen-bond donors (Lipinski definition) is 1. The number of nitrogens with two attached hydrogens (primary N) is 1. The van der Waals surface area contributed by atoms with E-state index in [9.17, 15) is 9.59 Å². The van der Waals surface area contributed by atoms with Crippen LogP contribution in [0.15, 0.2) is 41.2 Å². The third-order valence-corrected chi connectivity index (χ3v) is 4.38. The van der Waals surface area contributed by atoms with Gasteiger partial charge >= 0.3 is 0 Å². The lowest BCUT2D eigenvalue weighted by atomic mass is 10.0. The fourth-order valence-corrected chi connectivity index (χ4v) is 3.33. The topological polar surface area (TPSA) is 83.6 Å². The van der Waals surface area contributed by atoms with Crippen LogP contribution in [0.3, 0.4) is 0 Å². The van der Waals surface area contributed by atoms with Crippen LogP contribution in [0.4, 0.5) is 0 Å². The number of nitrogens with zero attached hydrogens (tertiary/aromatic N) is 1. The minimum atomic E-state index is -0.441. The molecular formula is C18H14N2O4. The molecule has 1 aromatic heterocycles. The summed E-state index contributed by atoms with van der Waals surface area (Å²) in [5, 5.41) is 0.745. The summed E-state index contributed by atoms with van der Waals surface area (Å²) >= 11 is 0. The van der Waals surface area contributed by atoms with Gasteiger partial charge in [-0.05, 0) is 12.1 Å². The summed E-state index contributed by atoms with van der Waals surface area (Å²) in [5.41, 5.74) is 1.60. The molecule has 1 aliphatic rings. The SMILES string of the molecule is COc1ccc2c3c(n(N)c(=O)c2c1OC)-c1ccccc1C3=O. The molecule has 2 N–H and O–H groups in total. The van der Waals surface area contributed by atoms with Crippen LogP contribution < -0.4 is 20.9 Å². The predicted molar refractivity (Wildman–Crippen MR) is 90.3 cm³/mol. The minimum Gasteiger partial charge on any atom is -0.493 e. The normalized spacial score (nSPS) is 12.2. The molecule has 120 valence electrons. The van der Waals surface area contributed by atoms with E-state index in [-0.39, 0.29) is 16.9 Å².